The van der Waals surface area contributed by atoms with Crippen molar-refractivity contribution in [2.75, 3.05) is 12.3 Å². The van der Waals surface area contributed by atoms with Crippen LogP contribution in [0.4, 0.5) is 5.69 Å². The van der Waals surface area contributed by atoms with Gasteiger partial charge in [-0.2, -0.15) is 0 Å². The molecule has 0 radical (unpaired) electrons. The molecule has 0 bridgehead atoms. The fourth-order valence-electron chi connectivity index (χ4n) is 1.92. The molecule has 0 aliphatic rings. The summed E-state index contributed by atoms with van der Waals surface area (Å²) in [5.74, 6) is 0.751. The first-order valence-electron chi connectivity index (χ1n) is 6.74. The average Bonchev–Trinajstić information content (AvgIpc) is 2.38. The van der Waals surface area contributed by atoms with Gasteiger partial charge in [0.1, 0.15) is 10.8 Å². The molecular weight excluding hydrogens is 268 g/mol. The van der Waals surface area contributed by atoms with Gasteiger partial charge < -0.3 is 10.5 Å². The monoisotopic (exact) mass is 288 g/mol. The summed E-state index contributed by atoms with van der Waals surface area (Å²) in [6.45, 7) is 6.83. The summed E-state index contributed by atoms with van der Waals surface area (Å²) in [7, 11) is 0. The van der Waals surface area contributed by atoms with E-state index in [9.17, 15) is 0 Å². The maximum atomic E-state index is 6.17. The standard InChI is InChI=1S/C16H20N2OS/c1-4-8-19-13-6-5-7-14(16(13)17)20-15-10-11(2)9-12(3)18-15/h5-7,9-10H,4,8,17H2,1-3H3. The van der Waals surface area contributed by atoms with E-state index in [0.29, 0.717) is 12.3 Å². The van der Waals surface area contributed by atoms with Gasteiger partial charge in [-0.1, -0.05) is 24.8 Å². The number of pyridine rings is 1. The van der Waals surface area contributed by atoms with E-state index in [0.717, 1.165) is 27.8 Å². The van der Waals surface area contributed by atoms with Crippen LogP contribution in [0.25, 0.3) is 0 Å². The van der Waals surface area contributed by atoms with Gasteiger partial charge in [-0.05, 0) is 50.1 Å². The normalized spacial score (nSPS) is 10.6. The molecule has 0 atom stereocenters. The maximum Gasteiger partial charge on any atom is 0.143 e. The minimum atomic E-state index is 0.681. The van der Waals surface area contributed by atoms with Crippen LogP contribution in [0.15, 0.2) is 40.3 Å². The number of nitrogen functional groups attached to an aromatic ring is 1. The number of benzene rings is 1. The van der Waals surface area contributed by atoms with Crippen LogP contribution in [0.2, 0.25) is 0 Å². The molecule has 2 aromatic rings. The lowest BCUT2D eigenvalue weighted by atomic mass is 10.3. The van der Waals surface area contributed by atoms with E-state index in [4.69, 9.17) is 10.5 Å². The molecule has 0 saturated heterocycles. The van der Waals surface area contributed by atoms with Crippen LogP contribution in [0.5, 0.6) is 5.75 Å². The first kappa shape index (κ1) is 14.7. The Labute approximate surface area is 124 Å². The lowest BCUT2D eigenvalue weighted by Gasteiger charge is -2.11. The quantitative estimate of drug-likeness (QED) is 0.837. The lowest BCUT2D eigenvalue weighted by Crippen LogP contribution is -2.00. The van der Waals surface area contributed by atoms with Crippen LogP contribution < -0.4 is 10.5 Å². The van der Waals surface area contributed by atoms with Crippen molar-refractivity contribution in [3.8, 4) is 5.75 Å². The summed E-state index contributed by atoms with van der Waals surface area (Å²) in [4.78, 5) is 5.51. The van der Waals surface area contributed by atoms with Crippen molar-refractivity contribution in [3.63, 3.8) is 0 Å². The van der Waals surface area contributed by atoms with Crippen LogP contribution >= 0.6 is 11.8 Å². The molecule has 1 aromatic carbocycles. The molecular formula is C16H20N2OS. The fraction of sp³-hybridized carbons (Fsp3) is 0.312. The highest BCUT2D eigenvalue weighted by molar-refractivity contribution is 7.99. The lowest BCUT2D eigenvalue weighted by molar-refractivity contribution is 0.318. The molecule has 4 heteroatoms. The van der Waals surface area contributed by atoms with E-state index >= 15 is 0 Å². The number of aryl methyl sites for hydroxylation is 2. The zero-order valence-electron chi connectivity index (χ0n) is 12.1. The van der Waals surface area contributed by atoms with Crippen LogP contribution in [-0.2, 0) is 0 Å². The Bertz CT molecular complexity index is 579. The predicted molar refractivity (Wildman–Crippen MR) is 84.5 cm³/mol. The van der Waals surface area contributed by atoms with Gasteiger partial charge in [-0.3, -0.25) is 0 Å². The van der Waals surface area contributed by atoms with E-state index < -0.39 is 0 Å². The second-order valence-corrected chi connectivity index (χ2v) is 5.80. The Kier molecular flexibility index (Phi) is 4.90. The van der Waals surface area contributed by atoms with Gasteiger partial charge in [-0.25, -0.2) is 4.98 Å². The van der Waals surface area contributed by atoms with Gasteiger partial charge in [0.2, 0.25) is 0 Å². The third-order valence-electron chi connectivity index (χ3n) is 2.78. The van der Waals surface area contributed by atoms with E-state index in [1.165, 1.54) is 5.56 Å². The van der Waals surface area contributed by atoms with Crippen LogP contribution in [0.3, 0.4) is 0 Å². The molecule has 2 N–H and O–H groups in total. The van der Waals surface area contributed by atoms with E-state index in [-0.39, 0.29) is 0 Å². The first-order valence-corrected chi connectivity index (χ1v) is 7.56. The second kappa shape index (κ2) is 6.66. The zero-order valence-corrected chi connectivity index (χ0v) is 13.0. The highest BCUT2D eigenvalue weighted by Crippen LogP contribution is 2.36. The predicted octanol–water partition coefficient (Wildman–Crippen LogP) is 4.22. The maximum absolute atomic E-state index is 6.17. The molecule has 1 aromatic heterocycles. The van der Waals surface area contributed by atoms with Gasteiger partial charge in [0.25, 0.3) is 0 Å². The van der Waals surface area contributed by atoms with Crippen molar-refractivity contribution in [3.05, 3.63) is 41.6 Å². The van der Waals surface area contributed by atoms with Crippen molar-refractivity contribution in [2.24, 2.45) is 0 Å². The van der Waals surface area contributed by atoms with Gasteiger partial charge >= 0.3 is 0 Å². The van der Waals surface area contributed by atoms with E-state index in [2.05, 4.69) is 31.0 Å². The Morgan fingerprint density at radius 2 is 2.05 bits per heavy atom. The minimum Gasteiger partial charge on any atom is -0.491 e. The van der Waals surface area contributed by atoms with Crippen LogP contribution in [0, 0.1) is 13.8 Å². The number of nitrogens with two attached hydrogens (primary N) is 1. The van der Waals surface area contributed by atoms with Crippen molar-refractivity contribution in [1.82, 2.24) is 4.98 Å². The summed E-state index contributed by atoms with van der Waals surface area (Å²) in [6, 6.07) is 10.00. The summed E-state index contributed by atoms with van der Waals surface area (Å²) in [6.07, 6.45) is 0.968. The Morgan fingerprint density at radius 1 is 1.25 bits per heavy atom. The van der Waals surface area contributed by atoms with Crippen LogP contribution in [0.1, 0.15) is 24.6 Å². The number of nitrogens with zero attached hydrogens (tertiary/aromatic N) is 1. The highest BCUT2D eigenvalue weighted by atomic mass is 32.2. The topological polar surface area (TPSA) is 48.1 Å². The molecule has 0 fully saturated rings. The zero-order chi connectivity index (χ0) is 14.5. The van der Waals surface area contributed by atoms with Crippen molar-refractivity contribution in [1.29, 1.82) is 0 Å². The molecule has 0 amide bonds. The van der Waals surface area contributed by atoms with E-state index in [1.807, 2.05) is 25.1 Å². The molecule has 3 nitrogen and oxygen atoms in total. The van der Waals surface area contributed by atoms with Crippen molar-refractivity contribution >= 4 is 17.4 Å². The van der Waals surface area contributed by atoms with Gasteiger partial charge in [0.15, 0.2) is 0 Å². The molecule has 0 aliphatic carbocycles. The van der Waals surface area contributed by atoms with Crippen LogP contribution in [-0.4, -0.2) is 11.6 Å². The average molecular weight is 288 g/mol. The van der Waals surface area contributed by atoms with Crippen molar-refractivity contribution in [2.45, 2.75) is 37.1 Å². The number of hydrogen-bond donors (Lipinski definition) is 1. The Morgan fingerprint density at radius 3 is 2.75 bits per heavy atom. The summed E-state index contributed by atoms with van der Waals surface area (Å²) in [5, 5.41) is 0.960. The molecule has 0 saturated carbocycles. The Balaban J connectivity index is 2.24. The molecule has 0 spiro atoms. The molecule has 2 rings (SSSR count). The highest BCUT2D eigenvalue weighted by Gasteiger charge is 2.09. The van der Waals surface area contributed by atoms with Crippen molar-refractivity contribution < 1.29 is 4.74 Å². The number of hydrogen-bond acceptors (Lipinski definition) is 4. The number of rotatable bonds is 5. The smallest absolute Gasteiger partial charge is 0.143 e. The summed E-state index contributed by atoms with van der Waals surface area (Å²) in [5.41, 5.74) is 9.08. The number of aromatic nitrogens is 1. The molecule has 0 aliphatic heterocycles. The van der Waals surface area contributed by atoms with E-state index in [1.54, 1.807) is 11.8 Å². The molecule has 1 heterocycles. The third-order valence-corrected chi connectivity index (χ3v) is 3.77. The fourth-order valence-corrected chi connectivity index (χ4v) is 2.94. The second-order valence-electron chi connectivity index (χ2n) is 4.74. The SMILES string of the molecule is CCCOc1cccc(Sc2cc(C)cc(C)n2)c1N. The molecule has 0 unspecified atom stereocenters. The number of para-hydroxylation sites is 1. The third kappa shape index (κ3) is 3.67. The first-order chi connectivity index (χ1) is 9.60. The summed E-state index contributed by atoms with van der Waals surface area (Å²) < 4.78 is 5.65. The number of anilines is 1. The Hall–Kier alpha value is -1.68. The van der Waals surface area contributed by atoms with Gasteiger partial charge in [-0.15, -0.1) is 0 Å². The minimum absolute atomic E-state index is 0.681. The summed E-state index contributed by atoms with van der Waals surface area (Å²) >= 11 is 1.57. The van der Waals surface area contributed by atoms with Gasteiger partial charge in [0.05, 0.1) is 12.3 Å². The largest absolute Gasteiger partial charge is 0.491 e. The molecule has 20 heavy (non-hydrogen) atoms. The molecule has 106 valence electrons. The number of ether oxygens (including phenoxy) is 1. The van der Waals surface area contributed by atoms with Gasteiger partial charge in [0, 0.05) is 10.6 Å².